The van der Waals surface area contributed by atoms with Crippen molar-refractivity contribution in [3.05, 3.63) is 71.5 Å². The molecule has 3 amide bonds. The minimum absolute atomic E-state index is 0.0299. The first-order valence-electron chi connectivity index (χ1n) is 22.8. The highest BCUT2D eigenvalue weighted by atomic mass is 16.5. The van der Waals surface area contributed by atoms with Gasteiger partial charge in [0.05, 0.1) is 24.9 Å². The molecule has 5 heterocycles. The highest BCUT2D eigenvalue weighted by molar-refractivity contribution is 5.95. The third-order valence-electron chi connectivity index (χ3n) is 13.2. The summed E-state index contributed by atoms with van der Waals surface area (Å²) in [6, 6.07) is 11.6. The fourth-order valence-electron chi connectivity index (χ4n) is 10.2. The molecule has 3 aliphatic rings. The number of ether oxygens (including phenoxy) is 2. The van der Waals surface area contributed by atoms with Crippen molar-refractivity contribution in [2.75, 3.05) is 47.4 Å². The lowest BCUT2D eigenvalue weighted by atomic mass is 9.84. The smallest absolute Gasteiger partial charge is 0.324 e. The third-order valence-corrected chi connectivity index (χ3v) is 13.2. The first-order chi connectivity index (χ1) is 30.4. The number of amides is 3. The van der Waals surface area contributed by atoms with Gasteiger partial charge in [0.25, 0.3) is 5.91 Å². The average Bonchev–Trinajstić information content (AvgIpc) is 3.74. The van der Waals surface area contributed by atoms with Gasteiger partial charge in [0.2, 0.25) is 11.8 Å². The van der Waals surface area contributed by atoms with E-state index in [1.54, 1.807) is 37.4 Å². The van der Waals surface area contributed by atoms with Crippen molar-refractivity contribution in [3.63, 3.8) is 0 Å². The molecule has 4 atom stereocenters. The summed E-state index contributed by atoms with van der Waals surface area (Å²) in [5, 5.41) is 16.8. The van der Waals surface area contributed by atoms with E-state index in [1.165, 1.54) is 5.01 Å². The molecule has 2 saturated heterocycles. The Morgan fingerprint density at radius 3 is 2.59 bits per heavy atom. The number of phenolic OH excluding ortho intramolecular Hbond substituents is 1. The van der Waals surface area contributed by atoms with Crippen LogP contribution in [0.1, 0.15) is 83.9 Å². The molecule has 0 spiro atoms. The molecular formula is C50H67N7O7. The predicted octanol–water partition coefficient (Wildman–Crippen LogP) is 6.11. The van der Waals surface area contributed by atoms with E-state index in [2.05, 4.69) is 65.0 Å². The molecule has 2 aromatic carbocycles. The fraction of sp³-hybridized carbons (Fsp3) is 0.540. The summed E-state index contributed by atoms with van der Waals surface area (Å²) in [7, 11) is 5.45. The number of aromatic hydroxyl groups is 1. The molecule has 0 saturated carbocycles. The largest absolute Gasteiger partial charge is 0.508 e. The van der Waals surface area contributed by atoms with Gasteiger partial charge in [-0.1, -0.05) is 46.8 Å². The topological polar surface area (TPSA) is 159 Å². The summed E-state index contributed by atoms with van der Waals surface area (Å²) < 4.78 is 14.0. The van der Waals surface area contributed by atoms with Gasteiger partial charge in [0.1, 0.15) is 17.8 Å². The van der Waals surface area contributed by atoms with Crippen LogP contribution in [0, 0.1) is 16.7 Å². The van der Waals surface area contributed by atoms with Gasteiger partial charge in [0, 0.05) is 80.9 Å². The monoisotopic (exact) mass is 878 g/mol. The number of hydrazine groups is 1. The van der Waals surface area contributed by atoms with Crippen LogP contribution in [0.4, 0.5) is 0 Å². The van der Waals surface area contributed by atoms with E-state index in [0.29, 0.717) is 51.1 Å². The number of nitrogens with zero attached hydrogens (tertiary/aromatic N) is 5. The van der Waals surface area contributed by atoms with Crippen LogP contribution in [0.5, 0.6) is 5.75 Å². The number of phenols is 1. The summed E-state index contributed by atoms with van der Waals surface area (Å²) in [6.45, 7) is 15.1. The molecule has 4 aromatic rings. The van der Waals surface area contributed by atoms with Gasteiger partial charge in [-0.2, -0.15) is 0 Å². The molecule has 64 heavy (non-hydrogen) atoms. The van der Waals surface area contributed by atoms with Crippen molar-refractivity contribution in [2.45, 2.75) is 111 Å². The number of pyridine rings is 1. The number of esters is 1. The molecule has 3 N–H and O–H groups in total. The van der Waals surface area contributed by atoms with Gasteiger partial charge in [-0.25, -0.2) is 5.43 Å². The van der Waals surface area contributed by atoms with Crippen molar-refractivity contribution >= 4 is 34.6 Å². The minimum atomic E-state index is -1.04. The number of benzene rings is 2. The van der Waals surface area contributed by atoms with E-state index in [4.69, 9.17) is 9.47 Å². The van der Waals surface area contributed by atoms with Crippen molar-refractivity contribution in [1.29, 1.82) is 0 Å². The number of nitrogens with one attached hydrogen (secondary N) is 2. The number of hydrogen-bond donors (Lipinski definition) is 3. The van der Waals surface area contributed by atoms with Gasteiger partial charge < -0.3 is 29.4 Å². The molecule has 7 rings (SSSR count). The number of aromatic nitrogens is 2. The van der Waals surface area contributed by atoms with E-state index in [0.717, 1.165) is 57.4 Å². The second-order valence-electron chi connectivity index (χ2n) is 20.0. The number of rotatable bonds is 10. The fourth-order valence-corrected chi connectivity index (χ4v) is 10.2. The molecule has 2 fully saturated rings. The second kappa shape index (κ2) is 19.0. The van der Waals surface area contributed by atoms with E-state index in [-0.39, 0.29) is 49.0 Å². The lowest BCUT2D eigenvalue weighted by Gasteiger charge is -2.36. The maximum Gasteiger partial charge on any atom is 0.324 e. The zero-order valence-electron chi connectivity index (χ0n) is 39.1. The van der Waals surface area contributed by atoms with Gasteiger partial charge in [0.15, 0.2) is 0 Å². The first-order valence-corrected chi connectivity index (χ1v) is 22.8. The number of cyclic esters (lactones) is 1. The Hall–Kier alpha value is -5.31. The first kappa shape index (κ1) is 46.7. The average molecular weight is 878 g/mol. The lowest BCUT2D eigenvalue weighted by Crippen LogP contribution is -2.60. The van der Waals surface area contributed by atoms with Crippen LogP contribution in [0.25, 0.3) is 33.3 Å². The summed E-state index contributed by atoms with van der Waals surface area (Å²) in [5.41, 5.74) is 9.40. The normalized spacial score (nSPS) is 22.0. The number of likely N-dealkylation sites (N-methyl/N-ethyl adjacent to an activating group) is 2. The number of likely N-dealkylation sites (tertiary alicyclic amines) is 1. The lowest BCUT2D eigenvalue weighted by molar-refractivity contribution is -0.155. The molecule has 6 bridgehead atoms. The van der Waals surface area contributed by atoms with E-state index in [1.807, 2.05) is 45.3 Å². The van der Waals surface area contributed by atoms with Crippen LogP contribution in [0.15, 0.2) is 54.9 Å². The van der Waals surface area contributed by atoms with Crippen LogP contribution in [-0.2, 0) is 54.6 Å². The van der Waals surface area contributed by atoms with Crippen LogP contribution < -0.4 is 10.7 Å². The van der Waals surface area contributed by atoms with Crippen molar-refractivity contribution in [1.82, 2.24) is 35.1 Å². The van der Waals surface area contributed by atoms with E-state index in [9.17, 15) is 24.3 Å². The molecule has 14 nitrogen and oxygen atoms in total. The molecule has 0 aliphatic carbocycles. The summed E-state index contributed by atoms with van der Waals surface area (Å²) in [6.07, 6.45) is 6.36. The zero-order chi connectivity index (χ0) is 46.1. The molecule has 3 aliphatic heterocycles. The number of fused-ring (bicyclic) bond motifs is 6. The van der Waals surface area contributed by atoms with E-state index >= 15 is 0 Å². The van der Waals surface area contributed by atoms with Gasteiger partial charge in [-0.3, -0.25) is 34.1 Å². The van der Waals surface area contributed by atoms with Crippen LogP contribution in [0.2, 0.25) is 0 Å². The quantitative estimate of drug-likeness (QED) is 0.159. The maximum absolute atomic E-state index is 14.6. The highest BCUT2D eigenvalue weighted by Crippen LogP contribution is 2.41. The second-order valence-corrected chi connectivity index (χ2v) is 20.0. The Balaban J connectivity index is 1.26. The van der Waals surface area contributed by atoms with Gasteiger partial charge in [-0.05, 0) is 116 Å². The van der Waals surface area contributed by atoms with E-state index < -0.39 is 34.8 Å². The molecule has 2 aromatic heterocycles. The molecule has 344 valence electrons. The van der Waals surface area contributed by atoms with Crippen LogP contribution in [-0.4, -0.2) is 119 Å². The maximum atomic E-state index is 14.6. The number of hydrogen-bond acceptors (Lipinski definition) is 10. The Labute approximate surface area is 377 Å². The Morgan fingerprint density at radius 1 is 1.09 bits per heavy atom. The summed E-state index contributed by atoms with van der Waals surface area (Å²) >= 11 is 0. The summed E-state index contributed by atoms with van der Waals surface area (Å²) in [5.74, 6) is -0.879. The van der Waals surface area contributed by atoms with Crippen molar-refractivity contribution < 1.29 is 33.8 Å². The molecule has 14 heteroatoms. The van der Waals surface area contributed by atoms with Gasteiger partial charge in [-0.15, -0.1) is 0 Å². The van der Waals surface area contributed by atoms with Gasteiger partial charge >= 0.3 is 5.97 Å². The highest BCUT2D eigenvalue weighted by Gasteiger charge is 2.39. The Kier molecular flexibility index (Phi) is 13.9. The standard InChI is InChI=1S/C50H67N7O7/c1-10-56-42-14-13-33-24-37(42)38(45(56)39-27-51-17-15-34(39)28-63-9)25-50(5,6)30-64-48(62)40-12-11-18-57(53-40)46(60)41(22-32-20-35(33)23-36(58)21-32)52-43(59)26-49(3,4)29-55(8)47(61)44-31(2)16-19-54(44)7/h13-15,17,20-21,23-24,27,31,40-41,44,53,58H,10-12,16,18-19,22,25-26,28-30H2,1-9H3,(H,52,59)/t31-,40-,41-,44+/m0/s1. The number of methoxy groups -OCH3 is 1. The minimum Gasteiger partial charge on any atom is -0.508 e. The Bertz CT molecular complexity index is 2380. The van der Waals surface area contributed by atoms with Crippen LogP contribution in [0.3, 0.4) is 0 Å². The Morgan fingerprint density at radius 2 is 1.88 bits per heavy atom. The zero-order valence-corrected chi connectivity index (χ0v) is 39.1. The summed E-state index contributed by atoms with van der Waals surface area (Å²) in [4.78, 5) is 64.4. The SMILES string of the molecule is CCn1c(-c2cnccc2COC)c2c3cc(ccc31)-c1cc(O)cc(c1)C[C@H](NC(=O)CC(C)(C)CN(C)C(=O)[C@H]1[C@@H](C)CCN1C)C(=O)N1CCC[C@H](N1)C(=O)OCC(C)(C)C2. The number of carbonyl (C=O) groups is 4. The predicted molar refractivity (Wildman–Crippen MR) is 247 cm³/mol. The van der Waals surface area contributed by atoms with Crippen molar-refractivity contribution in [3.8, 4) is 28.1 Å². The van der Waals surface area contributed by atoms with Crippen LogP contribution >= 0.6 is 0 Å². The molecular weight excluding hydrogens is 811 g/mol. The number of carbonyl (C=O) groups excluding carboxylic acids is 4. The molecule has 0 unspecified atom stereocenters. The number of aryl methyl sites for hydroxylation is 1. The molecule has 0 radical (unpaired) electrons. The third kappa shape index (κ3) is 10.1. The van der Waals surface area contributed by atoms with Crippen molar-refractivity contribution in [2.24, 2.45) is 16.7 Å².